The number of hydrogen-bond donors (Lipinski definition) is 1. The van der Waals surface area contributed by atoms with E-state index in [2.05, 4.69) is 24.1 Å². The van der Waals surface area contributed by atoms with Crippen molar-refractivity contribution in [1.29, 1.82) is 0 Å². The van der Waals surface area contributed by atoms with Crippen LogP contribution in [0.4, 0.5) is 0 Å². The highest BCUT2D eigenvalue weighted by atomic mass is 15.2. The molecule has 0 radical (unpaired) electrons. The third-order valence-electron chi connectivity index (χ3n) is 4.79. The summed E-state index contributed by atoms with van der Waals surface area (Å²) in [5.41, 5.74) is 0. The molecule has 2 aliphatic rings. The fraction of sp³-hybridized carbons (Fsp3) is 1.00. The highest BCUT2D eigenvalue weighted by molar-refractivity contribution is 4.75. The average molecular weight is 238 g/mol. The molecule has 1 N–H and O–H groups in total. The molecule has 1 aliphatic heterocycles. The smallest absolute Gasteiger partial charge is 0.0107 e. The quantitative estimate of drug-likeness (QED) is 0.813. The molecule has 0 amide bonds. The Morgan fingerprint density at radius 3 is 2.53 bits per heavy atom. The summed E-state index contributed by atoms with van der Waals surface area (Å²) in [6, 6.07) is 0.718. The fourth-order valence-electron chi connectivity index (χ4n) is 3.27. The first-order valence-electron chi connectivity index (χ1n) is 7.70. The molecule has 2 rings (SSSR count). The van der Waals surface area contributed by atoms with Gasteiger partial charge in [-0.1, -0.05) is 32.6 Å². The van der Waals surface area contributed by atoms with Gasteiger partial charge in [0.15, 0.2) is 0 Å². The summed E-state index contributed by atoms with van der Waals surface area (Å²) in [5, 5.41) is 3.58. The van der Waals surface area contributed by atoms with Gasteiger partial charge >= 0.3 is 0 Å². The lowest BCUT2D eigenvalue weighted by molar-refractivity contribution is 0.222. The second-order valence-electron chi connectivity index (χ2n) is 6.40. The van der Waals surface area contributed by atoms with Gasteiger partial charge in [0.2, 0.25) is 0 Å². The Balaban J connectivity index is 1.64. The molecule has 2 heteroatoms. The largest absolute Gasteiger partial charge is 0.313 e. The summed E-state index contributed by atoms with van der Waals surface area (Å²) in [6.07, 6.45) is 8.70. The lowest BCUT2D eigenvalue weighted by atomic mass is 9.81. The molecular formula is C15H30N2. The van der Waals surface area contributed by atoms with Crippen LogP contribution in [0.15, 0.2) is 0 Å². The molecular weight excluding hydrogens is 208 g/mol. The van der Waals surface area contributed by atoms with Crippen LogP contribution in [0.5, 0.6) is 0 Å². The first kappa shape index (κ1) is 13.4. The molecule has 1 atom stereocenters. The van der Waals surface area contributed by atoms with Gasteiger partial charge in [-0.25, -0.2) is 0 Å². The Morgan fingerprint density at radius 2 is 1.76 bits per heavy atom. The molecule has 2 fully saturated rings. The van der Waals surface area contributed by atoms with Gasteiger partial charge in [0.1, 0.15) is 0 Å². The normalized spacial score (nSPS) is 36.7. The van der Waals surface area contributed by atoms with Crippen molar-refractivity contribution < 1.29 is 0 Å². The van der Waals surface area contributed by atoms with Crippen molar-refractivity contribution in [3.05, 3.63) is 0 Å². The summed E-state index contributed by atoms with van der Waals surface area (Å²) in [7, 11) is 0. The Hall–Kier alpha value is -0.0800. The highest BCUT2D eigenvalue weighted by Gasteiger charge is 2.19. The van der Waals surface area contributed by atoms with Gasteiger partial charge in [-0.05, 0) is 44.7 Å². The summed E-state index contributed by atoms with van der Waals surface area (Å²) >= 11 is 0. The third kappa shape index (κ3) is 4.59. The lowest BCUT2D eigenvalue weighted by Crippen LogP contribution is -2.31. The van der Waals surface area contributed by atoms with Gasteiger partial charge in [-0.3, -0.25) is 0 Å². The van der Waals surface area contributed by atoms with Crippen LogP contribution in [0.3, 0.4) is 0 Å². The zero-order valence-corrected chi connectivity index (χ0v) is 11.8. The van der Waals surface area contributed by atoms with Crippen LogP contribution in [0, 0.1) is 11.8 Å². The minimum Gasteiger partial charge on any atom is -0.313 e. The Morgan fingerprint density at radius 1 is 1.00 bits per heavy atom. The number of nitrogens with zero attached hydrogens (tertiary/aromatic N) is 1. The summed E-state index contributed by atoms with van der Waals surface area (Å²) in [4.78, 5) is 2.68. The Labute approximate surface area is 107 Å². The predicted molar refractivity (Wildman–Crippen MR) is 74.3 cm³/mol. The van der Waals surface area contributed by atoms with Gasteiger partial charge < -0.3 is 10.2 Å². The maximum atomic E-state index is 3.58. The first-order chi connectivity index (χ1) is 8.24. The second-order valence-corrected chi connectivity index (χ2v) is 6.40. The van der Waals surface area contributed by atoms with Crippen LogP contribution in [-0.4, -0.2) is 37.1 Å². The van der Waals surface area contributed by atoms with Gasteiger partial charge in [0.25, 0.3) is 0 Å². The summed E-state index contributed by atoms with van der Waals surface area (Å²) in [6.45, 7) is 9.81. The summed E-state index contributed by atoms with van der Waals surface area (Å²) in [5.74, 6) is 2.02. The van der Waals surface area contributed by atoms with Crippen LogP contribution >= 0.6 is 0 Å². The molecule has 100 valence electrons. The van der Waals surface area contributed by atoms with Crippen molar-refractivity contribution in [1.82, 2.24) is 10.2 Å². The zero-order chi connectivity index (χ0) is 12.1. The molecule has 0 bridgehead atoms. The maximum absolute atomic E-state index is 3.58. The standard InChI is InChI=1S/C15H30N2/c1-13-3-5-15(6-4-13)8-11-17-10-7-14(2)16-9-12-17/h13-16H,3-12H2,1-2H3. The van der Waals surface area contributed by atoms with Crippen molar-refractivity contribution in [3.8, 4) is 0 Å². The molecule has 0 aromatic rings. The molecule has 0 spiro atoms. The predicted octanol–water partition coefficient (Wildman–Crippen LogP) is 2.89. The van der Waals surface area contributed by atoms with E-state index in [0.717, 1.165) is 17.9 Å². The van der Waals surface area contributed by atoms with E-state index in [9.17, 15) is 0 Å². The van der Waals surface area contributed by atoms with E-state index in [1.54, 1.807) is 0 Å². The van der Waals surface area contributed by atoms with Gasteiger partial charge in [0.05, 0.1) is 0 Å². The van der Waals surface area contributed by atoms with E-state index in [0.29, 0.717) is 0 Å². The van der Waals surface area contributed by atoms with E-state index in [1.165, 1.54) is 64.7 Å². The highest BCUT2D eigenvalue weighted by Crippen LogP contribution is 2.30. The van der Waals surface area contributed by atoms with E-state index < -0.39 is 0 Å². The minimum absolute atomic E-state index is 0.718. The van der Waals surface area contributed by atoms with E-state index >= 15 is 0 Å². The van der Waals surface area contributed by atoms with Gasteiger partial charge in [-0.2, -0.15) is 0 Å². The molecule has 0 aromatic heterocycles. The zero-order valence-electron chi connectivity index (χ0n) is 11.8. The number of nitrogens with one attached hydrogen (secondary N) is 1. The molecule has 1 saturated carbocycles. The molecule has 0 aromatic carbocycles. The maximum Gasteiger partial charge on any atom is 0.0107 e. The van der Waals surface area contributed by atoms with Crippen LogP contribution in [0.2, 0.25) is 0 Å². The topological polar surface area (TPSA) is 15.3 Å². The Kier molecular flexibility index (Phi) is 5.30. The molecule has 1 unspecified atom stereocenters. The molecule has 1 heterocycles. The van der Waals surface area contributed by atoms with E-state index in [1.807, 2.05) is 0 Å². The van der Waals surface area contributed by atoms with Crippen LogP contribution in [0.1, 0.15) is 52.4 Å². The average Bonchev–Trinajstić information content (AvgIpc) is 2.54. The molecule has 1 saturated heterocycles. The SMILES string of the molecule is CC1CCC(CCN2CCNC(C)CC2)CC1. The van der Waals surface area contributed by atoms with E-state index in [4.69, 9.17) is 0 Å². The van der Waals surface area contributed by atoms with Crippen LogP contribution < -0.4 is 5.32 Å². The molecule has 2 nitrogen and oxygen atoms in total. The van der Waals surface area contributed by atoms with Gasteiger partial charge in [-0.15, -0.1) is 0 Å². The fourth-order valence-corrected chi connectivity index (χ4v) is 3.27. The van der Waals surface area contributed by atoms with Crippen molar-refractivity contribution in [2.75, 3.05) is 26.2 Å². The number of hydrogen-bond acceptors (Lipinski definition) is 2. The van der Waals surface area contributed by atoms with Crippen LogP contribution in [-0.2, 0) is 0 Å². The molecule has 1 aliphatic carbocycles. The Bertz CT molecular complexity index is 209. The third-order valence-corrected chi connectivity index (χ3v) is 4.79. The van der Waals surface area contributed by atoms with Crippen LogP contribution in [0.25, 0.3) is 0 Å². The lowest BCUT2D eigenvalue weighted by Gasteiger charge is -2.28. The van der Waals surface area contributed by atoms with Crippen molar-refractivity contribution in [3.63, 3.8) is 0 Å². The van der Waals surface area contributed by atoms with Crippen molar-refractivity contribution in [2.45, 2.75) is 58.4 Å². The minimum atomic E-state index is 0.718. The van der Waals surface area contributed by atoms with E-state index in [-0.39, 0.29) is 0 Å². The van der Waals surface area contributed by atoms with Crippen molar-refractivity contribution >= 4 is 0 Å². The molecule has 17 heavy (non-hydrogen) atoms. The monoisotopic (exact) mass is 238 g/mol. The second kappa shape index (κ2) is 6.75. The van der Waals surface area contributed by atoms with Crippen molar-refractivity contribution in [2.24, 2.45) is 11.8 Å². The first-order valence-corrected chi connectivity index (χ1v) is 7.70. The number of rotatable bonds is 3. The van der Waals surface area contributed by atoms with Gasteiger partial charge in [0, 0.05) is 19.1 Å². The summed E-state index contributed by atoms with van der Waals surface area (Å²) < 4.78 is 0.